The number of carbonyl (C=O) groups excluding carboxylic acids is 3. The first-order valence-electron chi connectivity index (χ1n) is 8.38. The molecule has 0 unspecified atom stereocenters. The van der Waals surface area contributed by atoms with Crippen LogP contribution in [0.15, 0.2) is 60.7 Å². The van der Waals surface area contributed by atoms with Crippen molar-refractivity contribution < 1.29 is 19.1 Å². The number of hydrogen-bond donors (Lipinski definition) is 1. The normalized spacial score (nSPS) is 11.8. The molecule has 0 aromatic heterocycles. The molecular weight excluding hydrogens is 366 g/mol. The molecule has 2 aromatic carbocycles. The fraction of sp³-hybridized carbons (Fsp3) is 0.190. The van der Waals surface area contributed by atoms with Gasteiger partial charge in [0.05, 0.1) is 6.04 Å². The topological polar surface area (TPSA) is 72.5 Å². The van der Waals surface area contributed by atoms with Crippen molar-refractivity contribution >= 4 is 35.3 Å². The first kappa shape index (κ1) is 20.4. The van der Waals surface area contributed by atoms with Crippen LogP contribution in [0.25, 0.3) is 6.08 Å². The molecule has 0 saturated heterocycles. The van der Waals surface area contributed by atoms with Crippen LogP contribution in [0.2, 0.25) is 5.02 Å². The van der Waals surface area contributed by atoms with Gasteiger partial charge in [0.15, 0.2) is 12.4 Å². The van der Waals surface area contributed by atoms with Crippen LogP contribution in [0.1, 0.15) is 18.1 Å². The molecule has 6 heteroatoms. The molecule has 0 radical (unpaired) electrons. The van der Waals surface area contributed by atoms with E-state index in [1.807, 2.05) is 30.3 Å². The summed E-state index contributed by atoms with van der Waals surface area (Å²) in [6.07, 6.45) is 3.13. The smallest absolute Gasteiger partial charge is 0.331 e. The molecule has 2 rings (SSSR count). The number of Topliss-reactive ketones (excluding diaryl/α,β-unsaturated/α-hetero) is 1. The number of ether oxygens (including phenoxy) is 1. The minimum absolute atomic E-state index is 0.167. The first-order valence-corrected chi connectivity index (χ1v) is 8.76. The van der Waals surface area contributed by atoms with Gasteiger partial charge in [0, 0.05) is 11.1 Å². The van der Waals surface area contributed by atoms with Gasteiger partial charge < -0.3 is 10.1 Å². The monoisotopic (exact) mass is 385 g/mol. The van der Waals surface area contributed by atoms with Crippen molar-refractivity contribution in [3.05, 3.63) is 76.8 Å². The quantitative estimate of drug-likeness (QED) is 0.559. The van der Waals surface area contributed by atoms with E-state index in [2.05, 4.69) is 5.32 Å². The second-order valence-corrected chi connectivity index (χ2v) is 6.35. The van der Waals surface area contributed by atoms with Gasteiger partial charge in [-0.1, -0.05) is 54.1 Å². The van der Waals surface area contributed by atoms with Crippen molar-refractivity contribution in [2.75, 3.05) is 6.61 Å². The summed E-state index contributed by atoms with van der Waals surface area (Å²) in [5.41, 5.74) is 1.67. The fourth-order valence-electron chi connectivity index (χ4n) is 2.34. The fourth-order valence-corrected chi connectivity index (χ4v) is 2.54. The van der Waals surface area contributed by atoms with Gasteiger partial charge in [0.1, 0.15) is 0 Å². The van der Waals surface area contributed by atoms with Crippen LogP contribution < -0.4 is 5.32 Å². The summed E-state index contributed by atoms with van der Waals surface area (Å²) in [6, 6.07) is 15.7. The third-order valence-corrected chi connectivity index (χ3v) is 3.95. The average molecular weight is 386 g/mol. The van der Waals surface area contributed by atoms with E-state index >= 15 is 0 Å². The Kier molecular flexibility index (Phi) is 7.77. The Morgan fingerprint density at radius 1 is 1.11 bits per heavy atom. The molecule has 0 bridgehead atoms. The van der Waals surface area contributed by atoms with Crippen LogP contribution in [0.3, 0.4) is 0 Å². The minimum Gasteiger partial charge on any atom is -0.452 e. The van der Waals surface area contributed by atoms with E-state index in [1.165, 1.54) is 13.0 Å². The van der Waals surface area contributed by atoms with E-state index in [9.17, 15) is 14.4 Å². The number of rotatable bonds is 8. The molecule has 5 nitrogen and oxygen atoms in total. The molecule has 0 saturated carbocycles. The highest BCUT2D eigenvalue weighted by Gasteiger charge is 2.18. The molecular formula is C21H20ClNO4. The van der Waals surface area contributed by atoms with Crippen molar-refractivity contribution in [3.63, 3.8) is 0 Å². The third kappa shape index (κ3) is 7.46. The molecule has 1 atom stereocenters. The van der Waals surface area contributed by atoms with E-state index in [0.29, 0.717) is 11.4 Å². The van der Waals surface area contributed by atoms with E-state index in [0.717, 1.165) is 11.1 Å². The van der Waals surface area contributed by atoms with Gasteiger partial charge >= 0.3 is 5.97 Å². The molecule has 0 aliphatic carbocycles. The van der Waals surface area contributed by atoms with Gasteiger partial charge in [0.2, 0.25) is 0 Å². The van der Waals surface area contributed by atoms with E-state index < -0.39 is 24.5 Å². The second kappa shape index (κ2) is 10.3. The zero-order valence-corrected chi connectivity index (χ0v) is 15.6. The lowest BCUT2D eigenvalue weighted by molar-refractivity contribution is -0.144. The predicted octanol–water partition coefficient (Wildman–Crippen LogP) is 3.21. The number of halogens is 1. The summed E-state index contributed by atoms with van der Waals surface area (Å²) < 4.78 is 4.90. The minimum atomic E-state index is -0.666. The molecule has 1 N–H and O–H groups in total. The summed E-state index contributed by atoms with van der Waals surface area (Å²) in [7, 11) is 0. The zero-order valence-electron chi connectivity index (χ0n) is 14.9. The zero-order chi connectivity index (χ0) is 19.6. The van der Waals surface area contributed by atoms with Gasteiger partial charge in [0.25, 0.3) is 5.91 Å². The number of amides is 1. The van der Waals surface area contributed by atoms with Crippen LogP contribution in [-0.4, -0.2) is 30.3 Å². The summed E-state index contributed by atoms with van der Waals surface area (Å²) >= 11 is 5.86. The van der Waals surface area contributed by atoms with E-state index in [1.54, 1.807) is 30.3 Å². The summed E-state index contributed by atoms with van der Waals surface area (Å²) in [6.45, 7) is 0.949. The number of hydrogen-bond acceptors (Lipinski definition) is 4. The Bertz CT molecular complexity index is 833. The first-order chi connectivity index (χ1) is 12.9. The summed E-state index contributed by atoms with van der Waals surface area (Å²) in [4.78, 5) is 35.5. The van der Waals surface area contributed by atoms with Crippen LogP contribution in [0.5, 0.6) is 0 Å². The average Bonchev–Trinajstić information content (AvgIpc) is 2.65. The largest absolute Gasteiger partial charge is 0.452 e. The summed E-state index contributed by atoms with van der Waals surface area (Å²) in [5, 5.41) is 3.15. The highest BCUT2D eigenvalue weighted by Crippen LogP contribution is 2.11. The molecule has 1 amide bonds. The lowest BCUT2D eigenvalue weighted by Gasteiger charge is -2.16. The molecule has 0 aliphatic heterocycles. The SMILES string of the molecule is CC(=O)[C@H](Cc1ccccc1)NC(=O)COC(=O)/C=C/c1cccc(Cl)c1. The van der Waals surface area contributed by atoms with Crippen molar-refractivity contribution in [1.29, 1.82) is 0 Å². The van der Waals surface area contributed by atoms with E-state index in [4.69, 9.17) is 16.3 Å². The number of benzene rings is 2. The van der Waals surface area contributed by atoms with E-state index in [-0.39, 0.29) is 5.78 Å². The van der Waals surface area contributed by atoms with Gasteiger partial charge in [-0.15, -0.1) is 0 Å². The van der Waals surface area contributed by atoms with Gasteiger partial charge in [-0.05, 0) is 42.7 Å². The maximum atomic E-state index is 12.0. The molecule has 0 heterocycles. The van der Waals surface area contributed by atoms with Crippen molar-refractivity contribution in [2.24, 2.45) is 0 Å². The number of nitrogens with one attached hydrogen (secondary N) is 1. The van der Waals surface area contributed by atoms with Gasteiger partial charge in [-0.2, -0.15) is 0 Å². The highest BCUT2D eigenvalue weighted by molar-refractivity contribution is 6.30. The number of ketones is 1. The second-order valence-electron chi connectivity index (χ2n) is 5.92. The number of esters is 1. The Morgan fingerprint density at radius 3 is 2.52 bits per heavy atom. The highest BCUT2D eigenvalue weighted by atomic mass is 35.5. The summed E-state index contributed by atoms with van der Waals surface area (Å²) in [5.74, 6) is -1.36. The lowest BCUT2D eigenvalue weighted by Crippen LogP contribution is -2.43. The molecule has 0 spiro atoms. The Balaban J connectivity index is 1.82. The Labute approximate surface area is 163 Å². The predicted molar refractivity (Wildman–Crippen MR) is 104 cm³/mol. The Hall–Kier alpha value is -2.92. The van der Waals surface area contributed by atoms with Crippen LogP contribution >= 0.6 is 11.6 Å². The van der Waals surface area contributed by atoms with Crippen molar-refractivity contribution in [3.8, 4) is 0 Å². The van der Waals surface area contributed by atoms with Gasteiger partial charge in [-0.25, -0.2) is 4.79 Å². The number of carbonyl (C=O) groups is 3. The van der Waals surface area contributed by atoms with Crippen LogP contribution in [0, 0.1) is 0 Å². The van der Waals surface area contributed by atoms with Crippen molar-refractivity contribution in [1.82, 2.24) is 5.32 Å². The molecule has 2 aromatic rings. The van der Waals surface area contributed by atoms with Crippen LogP contribution in [0.4, 0.5) is 0 Å². The molecule has 0 fully saturated rings. The standard InChI is InChI=1S/C21H20ClNO4/c1-15(24)19(13-16-6-3-2-4-7-16)23-20(25)14-27-21(26)11-10-17-8-5-9-18(22)12-17/h2-12,19H,13-14H2,1H3,(H,23,25)/b11-10+/t19-/m0/s1. The lowest BCUT2D eigenvalue weighted by atomic mass is 10.0. The Morgan fingerprint density at radius 2 is 1.85 bits per heavy atom. The third-order valence-electron chi connectivity index (χ3n) is 3.71. The molecule has 140 valence electrons. The maximum Gasteiger partial charge on any atom is 0.331 e. The van der Waals surface area contributed by atoms with Crippen LogP contribution in [-0.2, 0) is 25.5 Å². The van der Waals surface area contributed by atoms with Gasteiger partial charge in [-0.3, -0.25) is 9.59 Å². The van der Waals surface area contributed by atoms with Crippen molar-refractivity contribution in [2.45, 2.75) is 19.4 Å². The maximum absolute atomic E-state index is 12.0. The molecule has 0 aliphatic rings. The molecule has 27 heavy (non-hydrogen) atoms.